The van der Waals surface area contributed by atoms with Gasteiger partial charge in [-0.1, -0.05) is 42.5 Å². The summed E-state index contributed by atoms with van der Waals surface area (Å²) in [4.78, 5) is 27.5. The van der Waals surface area contributed by atoms with Gasteiger partial charge in [-0.3, -0.25) is 19.8 Å². The first-order chi connectivity index (χ1) is 13.0. The summed E-state index contributed by atoms with van der Waals surface area (Å²) in [7, 11) is 1.86. The number of hydrogen-bond donors (Lipinski definition) is 0. The highest BCUT2D eigenvalue weighted by atomic mass is 16.6. The molecule has 0 spiro atoms. The van der Waals surface area contributed by atoms with Crippen LogP contribution in [0.15, 0.2) is 54.6 Å². The van der Waals surface area contributed by atoms with Gasteiger partial charge in [-0.2, -0.15) is 0 Å². The molecule has 1 aliphatic heterocycles. The Kier molecular flexibility index (Phi) is 6.19. The lowest BCUT2D eigenvalue weighted by atomic mass is 9.96. The van der Waals surface area contributed by atoms with Crippen LogP contribution in [0.5, 0.6) is 0 Å². The molecule has 6 heteroatoms. The number of non-ortho nitro benzene ring substituents is 1. The van der Waals surface area contributed by atoms with Crippen molar-refractivity contribution in [2.75, 3.05) is 20.1 Å². The van der Waals surface area contributed by atoms with Gasteiger partial charge >= 0.3 is 0 Å². The molecule has 1 heterocycles. The number of benzene rings is 2. The molecule has 1 aliphatic rings. The number of nitro groups is 1. The van der Waals surface area contributed by atoms with E-state index in [1.807, 2.05) is 43.4 Å². The number of rotatable bonds is 6. The minimum atomic E-state index is -0.370. The van der Waals surface area contributed by atoms with Gasteiger partial charge in [0.25, 0.3) is 5.69 Å². The van der Waals surface area contributed by atoms with Gasteiger partial charge in [0, 0.05) is 38.8 Å². The second-order valence-electron chi connectivity index (χ2n) is 7.18. The number of amides is 1. The number of hydrogen-bond acceptors (Lipinski definition) is 4. The van der Waals surface area contributed by atoms with E-state index in [4.69, 9.17) is 0 Å². The smallest absolute Gasteiger partial charge is 0.269 e. The van der Waals surface area contributed by atoms with Gasteiger partial charge in [0.1, 0.15) is 0 Å². The van der Waals surface area contributed by atoms with Crippen LogP contribution in [0.2, 0.25) is 0 Å². The van der Waals surface area contributed by atoms with Crippen molar-refractivity contribution in [3.63, 3.8) is 0 Å². The maximum Gasteiger partial charge on any atom is 0.269 e. The van der Waals surface area contributed by atoms with E-state index in [9.17, 15) is 14.9 Å². The number of likely N-dealkylation sites (tertiary alicyclic amines) is 1. The molecular formula is C21H25N3O3. The van der Waals surface area contributed by atoms with Crippen molar-refractivity contribution in [1.29, 1.82) is 0 Å². The number of carbonyl (C=O) groups excluding carboxylic acids is 1. The first kappa shape index (κ1) is 19.0. The average molecular weight is 367 g/mol. The Labute approximate surface area is 159 Å². The van der Waals surface area contributed by atoms with Crippen LogP contribution in [-0.2, 0) is 17.9 Å². The van der Waals surface area contributed by atoms with Gasteiger partial charge in [-0.05, 0) is 30.5 Å². The Morgan fingerprint density at radius 1 is 1.19 bits per heavy atom. The normalized spacial score (nSPS) is 17.4. The molecule has 1 atom stereocenters. The lowest BCUT2D eigenvalue weighted by Gasteiger charge is -2.34. The minimum Gasteiger partial charge on any atom is -0.341 e. The number of carbonyl (C=O) groups is 1. The summed E-state index contributed by atoms with van der Waals surface area (Å²) in [5.74, 6) is 0.147. The fraction of sp³-hybridized carbons (Fsp3) is 0.381. The van der Waals surface area contributed by atoms with E-state index in [1.54, 1.807) is 17.0 Å². The van der Waals surface area contributed by atoms with E-state index in [-0.39, 0.29) is 22.4 Å². The molecule has 0 aromatic heterocycles. The molecule has 3 rings (SSSR count). The molecule has 0 saturated carbocycles. The third kappa shape index (κ3) is 5.14. The topological polar surface area (TPSA) is 66.7 Å². The Morgan fingerprint density at radius 2 is 1.93 bits per heavy atom. The second-order valence-corrected chi connectivity index (χ2v) is 7.18. The first-order valence-corrected chi connectivity index (χ1v) is 9.27. The van der Waals surface area contributed by atoms with Crippen LogP contribution < -0.4 is 0 Å². The summed E-state index contributed by atoms with van der Waals surface area (Å²) in [6, 6.07) is 16.7. The van der Waals surface area contributed by atoms with E-state index in [0.29, 0.717) is 19.6 Å². The zero-order valence-corrected chi connectivity index (χ0v) is 15.6. The van der Waals surface area contributed by atoms with Gasteiger partial charge in [-0.15, -0.1) is 0 Å². The third-order valence-electron chi connectivity index (χ3n) is 5.02. The second kappa shape index (κ2) is 8.77. The van der Waals surface area contributed by atoms with Crippen molar-refractivity contribution in [1.82, 2.24) is 9.80 Å². The van der Waals surface area contributed by atoms with Gasteiger partial charge in [-0.25, -0.2) is 0 Å². The van der Waals surface area contributed by atoms with Crippen molar-refractivity contribution in [3.8, 4) is 0 Å². The molecule has 142 valence electrons. The molecule has 0 bridgehead atoms. The molecule has 27 heavy (non-hydrogen) atoms. The molecule has 2 aromatic carbocycles. The lowest BCUT2D eigenvalue weighted by molar-refractivity contribution is -0.384. The summed E-state index contributed by atoms with van der Waals surface area (Å²) >= 11 is 0. The van der Waals surface area contributed by atoms with Crippen molar-refractivity contribution in [2.45, 2.75) is 25.9 Å². The van der Waals surface area contributed by atoms with Gasteiger partial charge in [0.2, 0.25) is 5.91 Å². The molecule has 2 aromatic rings. The van der Waals surface area contributed by atoms with E-state index in [2.05, 4.69) is 4.90 Å². The van der Waals surface area contributed by atoms with Crippen molar-refractivity contribution in [3.05, 3.63) is 75.8 Å². The SMILES string of the molecule is CN(Cc1ccccc1)C(=O)[C@@H]1CCCN(Cc2cccc([N+](=O)[O-])c2)C1. The Hall–Kier alpha value is -2.73. The summed E-state index contributed by atoms with van der Waals surface area (Å²) in [6.07, 6.45) is 1.86. The van der Waals surface area contributed by atoms with E-state index in [1.165, 1.54) is 6.07 Å². The van der Waals surface area contributed by atoms with Crippen LogP contribution in [-0.4, -0.2) is 40.8 Å². The standard InChI is InChI=1S/C21H25N3O3/c1-22(14-17-7-3-2-4-8-17)21(25)19-10-6-12-23(16-19)15-18-9-5-11-20(13-18)24(26)27/h2-5,7-9,11,13,19H,6,10,12,14-16H2,1H3/t19-/m1/s1. The third-order valence-corrected chi connectivity index (χ3v) is 5.02. The lowest BCUT2D eigenvalue weighted by Crippen LogP contribution is -2.43. The quantitative estimate of drug-likeness (QED) is 0.579. The summed E-state index contributed by atoms with van der Waals surface area (Å²) in [6.45, 7) is 2.85. The highest BCUT2D eigenvalue weighted by molar-refractivity contribution is 5.78. The summed E-state index contributed by atoms with van der Waals surface area (Å²) in [5.41, 5.74) is 2.15. The van der Waals surface area contributed by atoms with Gasteiger partial charge < -0.3 is 4.90 Å². The molecule has 0 unspecified atom stereocenters. The van der Waals surface area contributed by atoms with E-state index >= 15 is 0 Å². The molecule has 0 radical (unpaired) electrons. The van der Waals surface area contributed by atoms with Crippen LogP contribution in [0.3, 0.4) is 0 Å². The van der Waals surface area contributed by atoms with Crippen LogP contribution in [0.4, 0.5) is 5.69 Å². The number of nitrogens with zero attached hydrogens (tertiary/aromatic N) is 3. The molecular weight excluding hydrogens is 342 g/mol. The largest absolute Gasteiger partial charge is 0.341 e. The van der Waals surface area contributed by atoms with E-state index in [0.717, 1.165) is 30.5 Å². The van der Waals surface area contributed by atoms with Crippen LogP contribution in [0.25, 0.3) is 0 Å². The zero-order chi connectivity index (χ0) is 19.2. The average Bonchev–Trinajstić information content (AvgIpc) is 2.68. The van der Waals surface area contributed by atoms with Crippen molar-refractivity contribution < 1.29 is 9.72 Å². The Bertz CT molecular complexity index is 794. The molecule has 6 nitrogen and oxygen atoms in total. The Morgan fingerprint density at radius 3 is 2.67 bits per heavy atom. The molecule has 0 N–H and O–H groups in total. The fourth-order valence-electron chi connectivity index (χ4n) is 3.67. The molecule has 1 saturated heterocycles. The number of piperidine rings is 1. The number of nitro benzene ring substituents is 1. The van der Waals surface area contributed by atoms with Gasteiger partial charge in [0.15, 0.2) is 0 Å². The minimum absolute atomic E-state index is 0.0221. The highest BCUT2D eigenvalue weighted by Crippen LogP contribution is 2.22. The zero-order valence-electron chi connectivity index (χ0n) is 15.6. The highest BCUT2D eigenvalue weighted by Gasteiger charge is 2.28. The van der Waals surface area contributed by atoms with Crippen molar-refractivity contribution in [2.24, 2.45) is 5.92 Å². The maximum atomic E-state index is 12.9. The molecule has 0 aliphatic carbocycles. The Balaban J connectivity index is 1.59. The first-order valence-electron chi connectivity index (χ1n) is 9.27. The molecule has 1 amide bonds. The summed E-state index contributed by atoms with van der Waals surface area (Å²) < 4.78 is 0. The maximum absolute atomic E-state index is 12.9. The van der Waals surface area contributed by atoms with Crippen LogP contribution in [0, 0.1) is 16.0 Å². The van der Waals surface area contributed by atoms with Crippen molar-refractivity contribution >= 4 is 11.6 Å². The fourth-order valence-corrected chi connectivity index (χ4v) is 3.67. The molecule has 1 fully saturated rings. The predicted molar refractivity (Wildman–Crippen MR) is 104 cm³/mol. The van der Waals surface area contributed by atoms with Gasteiger partial charge in [0.05, 0.1) is 10.8 Å². The van der Waals surface area contributed by atoms with E-state index < -0.39 is 0 Å². The van der Waals surface area contributed by atoms with Crippen LogP contribution >= 0.6 is 0 Å². The monoisotopic (exact) mass is 367 g/mol. The summed E-state index contributed by atoms with van der Waals surface area (Å²) in [5, 5.41) is 11.0. The van der Waals surface area contributed by atoms with Crippen LogP contribution in [0.1, 0.15) is 24.0 Å². The predicted octanol–water partition coefficient (Wildman–Crippen LogP) is 3.47.